The summed E-state index contributed by atoms with van der Waals surface area (Å²) in [6.45, 7) is 1.93. The molecule has 2 aromatic carbocycles. The third kappa shape index (κ3) is 6.61. The molecule has 15 heteroatoms. The number of rotatable bonds is 8. The van der Waals surface area contributed by atoms with Crippen molar-refractivity contribution in [2.24, 2.45) is 0 Å². The van der Waals surface area contributed by atoms with Gasteiger partial charge >= 0.3 is 12.1 Å². The summed E-state index contributed by atoms with van der Waals surface area (Å²) in [4.78, 5) is 22.8. The van der Waals surface area contributed by atoms with Gasteiger partial charge in [-0.25, -0.2) is 23.2 Å². The number of hydrogen-bond acceptors (Lipinski definition) is 9. The summed E-state index contributed by atoms with van der Waals surface area (Å²) in [5, 5.41) is 6.02. The number of nitrogens with one attached hydrogen (secondary N) is 2. The largest absolute Gasteiger partial charge is 0.495 e. The lowest BCUT2D eigenvalue weighted by Gasteiger charge is -2.18. The minimum absolute atomic E-state index is 0.122. The third-order valence-electron chi connectivity index (χ3n) is 4.49. The smallest absolute Gasteiger partial charge is 0.492 e. The average molecular weight is 590 g/mol. The molecule has 0 spiro atoms. The van der Waals surface area contributed by atoms with Gasteiger partial charge in [-0.05, 0) is 53.4 Å². The molecule has 1 aromatic heterocycles. The van der Waals surface area contributed by atoms with Gasteiger partial charge in [-0.1, -0.05) is 15.9 Å². The van der Waals surface area contributed by atoms with Gasteiger partial charge < -0.3 is 20.2 Å². The Morgan fingerprint density at radius 1 is 1.06 bits per heavy atom. The molecule has 0 aliphatic heterocycles. The lowest BCUT2D eigenvalue weighted by Crippen LogP contribution is -2.36. The number of methoxy groups -OCH3 is 1. The molecule has 0 saturated carbocycles. The minimum atomic E-state index is -5.37. The topological polar surface area (TPSA) is 123 Å². The number of carbonyl (C=O) groups is 1. The molecule has 3 rings (SSSR count). The van der Waals surface area contributed by atoms with Crippen LogP contribution in [0, 0.1) is 6.92 Å². The first-order chi connectivity index (χ1) is 16.8. The van der Waals surface area contributed by atoms with E-state index >= 15 is 0 Å². The number of hydrogen-bond donors (Lipinski definition) is 2. The summed E-state index contributed by atoms with van der Waals surface area (Å²) >= 11 is 3.42. The van der Waals surface area contributed by atoms with Crippen molar-refractivity contribution in [2.75, 3.05) is 24.8 Å². The summed E-state index contributed by atoms with van der Waals surface area (Å²) in [7, 11) is -2.64. The van der Waals surface area contributed by atoms with Gasteiger partial charge in [-0.15, -0.1) is 0 Å². The molecule has 192 valence electrons. The van der Waals surface area contributed by atoms with Gasteiger partial charge in [-0.3, -0.25) is 0 Å². The Bertz CT molecular complexity index is 1370. The first-order valence-electron chi connectivity index (χ1n) is 9.89. The number of aryl methyl sites for hydroxylation is 1. The van der Waals surface area contributed by atoms with Crippen LogP contribution in [0.25, 0.3) is 0 Å². The van der Waals surface area contributed by atoms with Crippen molar-refractivity contribution in [1.82, 2.24) is 14.4 Å². The number of sulfonamides is 1. The summed E-state index contributed by atoms with van der Waals surface area (Å²) < 4.78 is 68.7. The first-order valence-corrected chi connectivity index (χ1v) is 12.1. The van der Waals surface area contributed by atoms with E-state index in [2.05, 4.69) is 41.4 Å². The monoisotopic (exact) mass is 589 g/mol. The fraction of sp³-hybridized carbons (Fsp3) is 0.190. The molecule has 36 heavy (non-hydrogen) atoms. The van der Waals surface area contributed by atoms with Gasteiger partial charge in [0.05, 0.1) is 17.7 Å². The van der Waals surface area contributed by atoms with Crippen molar-refractivity contribution in [1.29, 1.82) is 0 Å². The highest BCUT2D eigenvalue weighted by Crippen LogP contribution is 2.32. The van der Waals surface area contributed by atoms with Gasteiger partial charge in [0.1, 0.15) is 23.7 Å². The van der Waals surface area contributed by atoms with Crippen LogP contribution in [0.2, 0.25) is 0 Å². The third-order valence-corrected chi connectivity index (χ3v) is 6.55. The Hall–Kier alpha value is -3.43. The van der Waals surface area contributed by atoms with E-state index in [0.29, 0.717) is 12.9 Å². The molecule has 0 saturated heterocycles. The van der Waals surface area contributed by atoms with E-state index < -0.39 is 27.1 Å². The summed E-state index contributed by atoms with van der Waals surface area (Å²) in [5.41, 5.74) is 1.89. The van der Waals surface area contributed by atoms with Crippen LogP contribution in [-0.2, 0) is 19.7 Å². The van der Waals surface area contributed by atoms with Gasteiger partial charge in [0.2, 0.25) is 0 Å². The maximum Gasteiger partial charge on any atom is 0.492 e. The molecule has 1 heterocycles. The minimum Gasteiger partial charge on any atom is -0.495 e. The van der Waals surface area contributed by atoms with Crippen LogP contribution in [0.3, 0.4) is 0 Å². The highest BCUT2D eigenvalue weighted by Gasteiger charge is 2.43. The molecule has 0 unspecified atom stereocenters. The predicted octanol–water partition coefficient (Wildman–Crippen LogP) is 4.68. The number of ether oxygens (including phenoxy) is 1. The number of anilines is 4. The number of alkyl halides is 3. The number of aromatic nitrogens is 2. The lowest BCUT2D eigenvalue weighted by molar-refractivity contribution is -0.219. The molecule has 0 amide bonds. The standard InChI is InChI=1S/C21H19BrF3N5O5S/c1-12-6-13(22)8-14(7-12)28-18-10-19(27-11-26-18)29-16-9-15(4-5-17(16)34-3)36(32,33)30(2)35-20(31)21(23,24)25/h4-11H,1-3H3,(H2,26,27,28,29). The number of carbonyl (C=O) groups excluding carboxylic acids is 1. The maximum absolute atomic E-state index is 12.7. The maximum atomic E-state index is 12.7. The van der Waals surface area contributed by atoms with E-state index in [1.165, 1.54) is 19.5 Å². The van der Waals surface area contributed by atoms with Crippen molar-refractivity contribution in [3.05, 3.63) is 58.8 Å². The zero-order chi connectivity index (χ0) is 26.7. The quantitative estimate of drug-likeness (QED) is 0.360. The highest BCUT2D eigenvalue weighted by atomic mass is 79.9. The fourth-order valence-electron chi connectivity index (χ4n) is 2.90. The van der Waals surface area contributed by atoms with Crippen LogP contribution in [0.15, 0.2) is 58.2 Å². The second kappa shape index (κ2) is 10.7. The van der Waals surface area contributed by atoms with Crippen LogP contribution in [-0.4, -0.2) is 49.2 Å². The lowest BCUT2D eigenvalue weighted by atomic mass is 10.2. The second-order valence-corrected chi connectivity index (χ2v) is 10.1. The normalized spacial score (nSPS) is 11.8. The zero-order valence-electron chi connectivity index (χ0n) is 18.9. The molecular formula is C21H19BrF3N5O5S. The summed E-state index contributed by atoms with van der Waals surface area (Å²) in [6, 6.07) is 10.7. The van der Waals surface area contributed by atoms with Crippen LogP contribution in [0.1, 0.15) is 5.56 Å². The van der Waals surface area contributed by atoms with Crippen LogP contribution in [0.4, 0.5) is 36.2 Å². The molecule has 0 radical (unpaired) electrons. The van der Waals surface area contributed by atoms with Crippen molar-refractivity contribution >= 4 is 54.9 Å². The Morgan fingerprint density at radius 3 is 2.33 bits per heavy atom. The van der Waals surface area contributed by atoms with Crippen molar-refractivity contribution < 1.29 is 36.0 Å². The average Bonchev–Trinajstić information content (AvgIpc) is 2.77. The van der Waals surface area contributed by atoms with Gasteiger partial charge in [0.25, 0.3) is 10.0 Å². The van der Waals surface area contributed by atoms with E-state index in [0.717, 1.165) is 27.9 Å². The number of benzene rings is 2. The van der Waals surface area contributed by atoms with Gasteiger partial charge in [-0.2, -0.15) is 13.2 Å². The number of hydroxylamine groups is 1. The Morgan fingerprint density at radius 2 is 1.72 bits per heavy atom. The van der Waals surface area contributed by atoms with Gasteiger partial charge in [0.15, 0.2) is 0 Å². The molecule has 0 bridgehead atoms. The van der Waals surface area contributed by atoms with Crippen molar-refractivity contribution in [2.45, 2.75) is 18.0 Å². The Balaban J connectivity index is 1.87. The van der Waals surface area contributed by atoms with Crippen molar-refractivity contribution in [3.8, 4) is 5.75 Å². The van der Waals surface area contributed by atoms with E-state index in [1.54, 1.807) is 6.07 Å². The van der Waals surface area contributed by atoms with Gasteiger partial charge in [0, 0.05) is 23.3 Å². The van der Waals surface area contributed by atoms with E-state index in [9.17, 15) is 26.4 Å². The molecule has 0 fully saturated rings. The second-order valence-electron chi connectivity index (χ2n) is 7.21. The van der Waals surface area contributed by atoms with E-state index in [-0.39, 0.29) is 21.7 Å². The fourth-order valence-corrected chi connectivity index (χ4v) is 4.48. The van der Waals surface area contributed by atoms with Crippen molar-refractivity contribution in [3.63, 3.8) is 0 Å². The molecule has 10 nitrogen and oxygen atoms in total. The van der Waals surface area contributed by atoms with E-state index in [1.807, 2.05) is 25.1 Å². The molecule has 0 atom stereocenters. The van der Waals surface area contributed by atoms with Crippen LogP contribution < -0.4 is 15.4 Å². The van der Waals surface area contributed by atoms with Crippen LogP contribution in [0.5, 0.6) is 5.75 Å². The Kier molecular flexibility index (Phi) is 8.05. The molecular weight excluding hydrogens is 571 g/mol. The Labute approximate surface area is 212 Å². The zero-order valence-corrected chi connectivity index (χ0v) is 21.3. The van der Waals surface area contributed by atoms with Crippen LogP contribution >= 0.6 is 15.9 Å². The number of halogens is 4. The van der Waals surface area contributed by atoms with E-state index in [4.69, 9.17) is 4.74 Å². The predicted molar refractivity (Wildman–Crippen MR) is 128 cm³/mol. The molecule has 0 aliphatic carbocycles. The summed E-state index contributed by atoms with van der Waals surface area (Å²) in [5.74, 6) is -1.79. The summed E-state index contributed by atoms with van der Waals surface area (Å²) in [6.07, 6.45) is -4.10. The SMILES string of the molecule is COc1ccc(S(=O)(=O)N(C)OC(=O)C(F)(F)F)cc1Nc1cc(Nc2cc(C)cc(Br)c2)ncn1. The molecule has 3 aromatic rings. The number of nitrogens with zero attached hydrogens (tertiary/aromatic N) is 3. The first kappa shape index (κ1) is 27.2. The molecule has 0 aliphatic rings. The molecule has 2 N–H and O–H groups in total. The highest BCUT2D eigenvalue weighted by molar-refractivity contribution is 9.10.